The van der Waals surface area contributed by atoms with Crippen LogP contribution in [0.25, 0.3) is 10.2 Å². The predicted molar refractivity (Wildman–Crippen MR) is 164 cm³/mol. The second-order valence-corrected chi connectivity index (χ2v) is 14.3. The van der Waals surface area contributed by atoms with E-state index in [-0.39, 0.29) is 25.3 Å². The number of allylic oxidation sites excluding steroid dienone is 1. The fourth-order valence-electron chi connectivity index (χ4n) is 5.67. The zero-order valence-corrected chi connectivity index (χ0v) is 26.8. The molecule has 43 heavy (non-hydrogen) atoms. The van der Waals surface area contributed by atoms with Crippen molar-refractivity contribution in [2.24, 2.45) is 5.92 Å². The Hall–Kier alpha value is -3.19. The Bertz CT molecular complexity index is 1440. The van der Waals surface area contributed by atoms with Crippen LogP contribution in [-0.4, -0.2) is 74.7 Å². The fourth-order valence-corrected chi connectivity index (χ4v) is 7.10. The molecule has 13 heteroatoms. The van der Waals surface area contributed by atoms with E-state index < -0.39 is 53.2 Å². The Labute approximate surface area is 262 Å². The number of nitrogens with zero attached hydrogens (tertiary/aromatic N) is 2. The first kappa shape index (κ1) is 31.2. The first-order chi connectivity index (χ1) is 20.3. The number of hydrogen-bond acceptors (Lipinski definition) is 8. The second kappa shape index (κ2) is 12.4. The zero-order chi connectivity index (χ0) is 30.9. The van der Waals surface area contributed by atoms with Gasteiger partial charge in [-0.05, 0) is 64.7 Å². The van der Waals surface area contributed by atoms with Crippen LogP contribution >= 0.6 is 27.3 Å². The summed E-state index contributed by atoms with van der Waals surface area (Å²) in [6.45, 7) is 5.30. The number of carbonyl (C=O) groups excluding carboxylic acids is 3. The lowest BCUT2D eigenvalue weighted by atomic mass is 10.0. The largest absolute Gasteiger partial charge is 0.479 e. The molecule has 0 unspecified atom stereocenters. The molecular weight excluding hydrogens is 640 g/mol. The summed E-state index contributed by atoms with van der Waals surface area (Å²) in [5.41, 5.74) is -1.40. The van der Waals surface area contributed by atoms with Gasteiger partial charge in [-0.2, -0.15) is 0 Å². The van der Waals surface area contributed by atoms with Gasteiger partial charge in [-0.1, -0.05) is 52.3 Å². The number of halogens is 1. The van der Waals surface area contributed by atoms with Crippen LogP contribution in [0, 0.1) is 5.92 Å². The highest BCUT2D eigenvalue weighted by atomic mass is 79.9. The van der Waals surface area contributed by atoms with Crippen LogP contribution in [-0.2, 0) is 19.1 Å². The molecule has 5 atom stereocenters. The number of carbonyl (C=O) groups is 4. The van der Waals surface area contributed by atoms with Crippen molar-refractivity contribution in [3.05, 3.63) is 34.8 Å². The molecule has 3 N–H and O–H groups in total. The van der Waals surface area contributed by atoms with Gasteiger partial charge in [-0.15, -0.1) is 0 Å². The Morgan fingerprint density at radius 1 is 1.23 bits per heavy atom. The van der Waals surface area contributed by atoms with E-state index >= 15 is 0 Å². The maximum absolute atomic E-state index is 14.1. The standard InChI is InChI=1S/C30H37BrN4O7S/c1-29(2,3)42-27(40)32-21-10-8-6-4-5-7-9-17-15-30(17,26(38)39)34-24(36)22-14-19(16-35(22)25(21)37)41-28-33-20-12-11-18(31)13-23(20)43-28/h7,9,11-13,17,19,21-22H,4-6,8,10,14-16H2,1-3H3,(H,32,40)(H,34,36)(H,38,39)/b9-7-/t17-,19-,21+,22+,30-/m1/s1. The van der Waals surface area contributed by atoms with E-state index in [2.05, 4.69) is 31.5 Å². The molecule has 0 radical (unpaired) electrons. The van der Waals surface area contributed by atoms with Crippen molar-refractivity contribution in [1.82, 2.24) is 20.5 Å². The molecule has 0 bridgehead atoms. The van der Waals surface area contributed by atoms with Gasteiger partial charge >= 0.3 is 12.1 Å². The highest BCUT2D eigenvalue weighted by Gasteiger charge is 2.61. The number of aliphatic carboxylic acids is 1. The topological polar surface area (TPSA) is 147 Å². The number of thiazole rings is 1. The minimum atomic E-state index is -1.41. The van der Waals surface area contributed by atoms with Crippen LogP contribution < -0.4 is 15.4 Å². The summed E-state index contributed by atoms with van der Waals surface area (Å²) < 4.78 is 13.5. The van der Waals surface area contributed by atoms with Crippen molar-refractivity contribution in [3.8, 4) is 5.19 Å². The van der Waals surface area contributed by atoms with Crippen molar-refractivity contribution in [2.45, 2.75) is 95.0 Å². The number of fused-ring (bicyclic) bond motifs is 3. The van der Waals surface area contributed by atoms with Crippen LogP contribution in [0.2, 0.25) is 0 Å². The number of amides is 3. The van der Waals surface area contributed by atoms with Gasteiger partial charge in [0.05, 0.1) is 16.8 Å². The molecule has 3 amide bonds. The molecule has 2 aromatic rings. The summed E-state index contributed by atoms with van der Waals surface area (Å²) in [5.74, 6) is -2.42. The summed E-state index contributed by atoms with van der Waals surface area (Å²) in [6, 6.07) is 3.78. The maximum atomic E-state index is 14.1. The third-order valence-corrected chi connectivity index (χ3v) is 9.31. The van der Waals surface area contributed by atoms with E-state index in [4.69, 9.17) is 9.47 Å². The number of alkyl carbamates (subject to hydrolysis) is 1. The number of benzene rings is 1. The predicted octanol–water partition coefficient (Wildman–Crippen LogP) is 4.78. The number of carboxylic acids is 1. The van der Waals surface area contributed by atoms with E-state index in [0.717, 1.165) is 34.0 Å². The average molecular weight is 678 g/mol. The first-order valence-electron chi connectivity index (χ1n) is 14.6. The summed E-state index contributed by atoms with van der Waals surface area (Å²) in [4.78, 5) is 58.8. The molecule has 1 aliphatic carbocycles. The van der Waals surface area contributed by atoms with Crippen LogP contribution in [0.4, 0.5) is 4.79 Å². The quantitative estimate of drug-likeness (QED) is 0.392. The van der Waals surface area contributed by atoms with Crippen LogP contribution in [0.1, 0.15) is 65.7 Å². The Kier molecular flexibility index (Phi) is 9.03. The molecule has 0 spiro atoms. The molecular formula is C30H37BrN4O7S. The maximum Gasteiger partial charge on any atom is 0.408 e. The molecule has 2 fully saturated rings. The van der Waals surface area contributed by atoms with Gasteiger partial charge < -0.3 is 30.1 Å². The van der Waals surface area contributed by atoms with E-state index in [9.17, 15) is 24.3 Å². The Morgan fingerprint density at radius 3 is 2.77 bits per heavy atom. The molecule has 1 saturated carbocycles. The van der Waals surface area contributed by atoms with E-state index in [1.54, 1.807) is 20.8 Å². The summed E-state index contributed by atoms with van der Waals surface area (Å²) >= 11 is 4.82. The van der Waals surface area contributed by atoms with Gasteiger partial charge in [0.15, 0.2) is 0 Å². The van der Waals surface area contributed by atoms with Crippen molar-refractivity contribution in [3.63, 3.8) is 0 Å². The molecule has 3 aliphatic rings. The highest BCUT2D eigenvalue weighted by Crippen LogP contribution is 2.45. The molecule has 11 nitrogen and oxygen atoms in total. The van der Waals surface area contributed by atoms with Crippen molar-refractivity contribution >= 4 is 61.4 Å². The van der Waals surface area contributed by atoms with Gasteiger partial charge in [0.1, 0.15) is 29.3 Å². The van der Waals surface area contributed by atoms with Gasteiger partial charge in [0.25, 0.3) is 5.19 Å². The van der Waals surface area contributed by atoms with Crippen molar-refractivity contribution in [2.75, 3.05) is 6.54 Å². The van der Waals surface area contributed by atoms with Gasteiger partial charge in [-0.25, -0.2) is 14.6 Å². The smallest absolute Gasteiger partial charge is 0.408 e. The molecule has 1 saturated heterocycles. The molecule has 1 aromatic carbocycles. The minimum absolute atomic E-state index is 0.0758. The first-order valence-corrected chi connectivity index (χ1v) is 16.2. The van der Waals surface area contributed by atoms with E-state index in [1.807, 2.05) is 30.4 Å². The minimum Gasteiger partial charge on any atom is -0.479 e. The number of rotatable bonds is 4. The van der Waals surface area contributed by atoms with Gasteiger partial charge in [0.2, 0.25) is 11.8 Å². The summed E-state index contributed by atoms with van der Waals surface area (Å²) in [6.07, 6.45) is 6.45. The lowest BCUT2D eigenvalue weighted by molar-refractivity contribution is -0.145. The SMILES string of the molecule is CC(C)(C)OC(=O)N[C@H]1CCCCC/C=C\[C@@H]2C[C@@]2(C(=O)O)NC(=O)[C@@H]2C[C@@H](Oc3nc4ccc(Br)cc4s3)CN2C1=O. The number of nitrogens with one attached hydrogen (secondary N) is 2. The van der Waals surface area contributed by atoms with Crippen LogP contribution in [0.3, 0.4) is 0 Å². The number of carboxylic acid groups (broad SMARTS) is 1. The lowest BCUT2D eigenvalue weighted by Gasteiger charge is -2.30. The Balaban J connectivity index is 1.42. The van der Waals surface area contributed by atoms with Gasteiger partial charge in [-0.3, -0.25) is 9.59 Å². The van der Waals surface area contributed by atoms with Crippen molar-refractivity contribution in [1.29, 1.82) is 0 Å². The van der Waals surface area contributed by atoms with Crippen LogP contribution in [0.15, 0.2) is 34.8 Å². The number of hydrogen-bond donors (Lipinski definition) is 3. The normalized spacial score (nSPS) is 29.0. The van der Waals surface area contributed by atoms with E-state index in [1.165, 1.54) is 16.2 Å². The fraction of sp³-hybridized carbons (Fsp3) is 0.567. The lowest BCUT2D eigenvalue weighted by Crippen LogP contribution is -2.56. The van der Waals surface area contributed by atoms with Crippen LogP contribution in [0.5, 0.6) is 5.19 Å². The molecule has 3 heterocycles. The van der Waals surface area contributed by atoms with Gasteiger partial charge in [0, 0.05) is 16.8 Å². The molecule has 1 aromatic heterocycles. The highest BCUT2D eigenvalue weighted by molar-refractivity contribution is 9.10. The summed E-state index contributed by atoms with van der Waals surface area (Å²) in [5, 5.41) is 15.9. The Morgan fingerprint density at radius 2 is 2.02 bits per heavy atom. The second-order valence-electron chi connectivity index (χ2n) is 12.4. The third kappa shape index (κ3) is 7.31. The van der Waals surface area contributed by atoms with Crippen molar-refractivity contribution < 1.29 is 33.8 Å². The number of aromatic nitrogens is 1. The zero-order valence-electron chi connectivity index (χ0n) is 24.4. The number of ether oxygens (including phenoxy) is 2. The average Bonchev–Trinajstić information content (AvgIpc) is 3.23. The van der Waals surface area contributed by atoms with E-state index in [0.29, 0.717) is 18.0 Å². The monoisotopic (exact) mass is 676 g/mol. The molecule has 5 rings (SSSR count). The summed E-state index contributed by atoms with van der Waals surface area (Å²) in [7, 11) is 0. The molecule has 232 valence electrons. The third-order valence-electron chi connectivity index (χ3n) is 7.91. The molecule has 2 aliphatic heterocycles.